The van der Waals surface area contributed by atoms with Crippen molar-refractivity contribution in [2.24, 2.45) is 17.8 Å². The summed E-state index contributed by atoms with van der Waals surface area (Å²) < 4.78 is 13.6. The molecular weight excluding hydrogens is 472 g/mol. The van der Waals surface area contributed by atoms with Crippen molar-refractivity contribution in [3.8, 4) is 0 Å². The van der Waals surface area contributed by atoms with Crippen LogP contribution in [0, 0.1) is 17.8 Å². The number of Topliss-reactive ketones (excluding diaryl/α,β-unsaturated/α-hetero) is 1. The Morgan fingerprint density at radius 1 is 1.05 bits per heavy atom. The number of allylic oxidation sites excluding steroid dienone is 6. The third kappa shape index (κ3) is 10.8. The second-order valence-corrected chi connectivity index (χ2v) is 11.7. The van der Waals surface area contributed by atoms with E-state index in [9.17, 15) is 9.90 Å². The molecular formula is C34H54O4. The molecule has 2 rings (SSSR count). The number of unbranched alkanes of at least 4 members (excludes halogenated alkanes) is 1. The van der Waals surface area contributed by atoms with E-state index in [1.165, 1.54) is 19.3 Å². The zero-order valence-electron chi connectivity index (χ0n) is 25.1. The van der Waals surface area contributed by atoms with E-state index in [0.717, 1.165) is 43.3 Å². The molecule has 2 heterocycles. The Kier molecular flexibility index (Phi) is 14.0. The van der Waals surface area contributed by atoms with Crippen LogP contribution in [0.1, 0.15) is 106 Å². The molecule has 0 aliphatic carbocycles. The van der Waals surface area contributed by atoms with Crippen LogP contribution in [0.15, 0.2) is 59.8 Å². The predicted octanol–water partition coefficient (Wildman–Crippen LogP) is 8.43. The van der Waals surface area contributed by atoms with Crippen molar-refractivity contribution in [2.45, 2.75) is 130 Å². The summed E-state index contributed by atoms with van der Waals surface area (Å²) in [5.74, 6) is 0.748. The first-order chi connectivity index (χ1) is 18.1. The van der Waals surface area contributed by atoms with E-state index in [1.54, 1.807) is 6.92 Å². The highest BCUT2D eigenvalue weighted by molar-refractivity contribution is 5.77. The molecule has 0 aromatic heterocycles. The summed E-state index contributed by atoms with van der Waals surface area (Å²) in [4.78, 5) is 11.4. The molecule has 38 heavy (non-hydrogen) atoms. The lowest BCUT2D eigenvalue weighted by atomic mass is 9.81. The molecule has 0 amide bonds. The second-order valence-electron chi connectivity index (χ2n) is 11.7. The predicted molar refractivity (Wildman–Crippen MR) is 159 cm³/mol. The fraction of sp³-hybridized carbons (Fsp3) is 0.676. The van der Waals surface area contributed by atoms with Gasteiger partial charge in [0, 0.05) is 25.2 Å². The number of ketones is 1. The van der Waals surface area contributed by atoms with Gasteiger partial charge >= 0.3 is 0 Å². The van der Waals surface area contributed by atoms with Crippen molar-refractivity contribution in [2.75, 3.05) is 0 Å². The molecule has 4 heteroatoms. The minimum atomic E-state index is -0.512. The van der Waals surface area contributed by atoms with Gasteiger partial charge in [-0.3, -0.25) is 4.79 Å². The Labute approximate surface area is 233 Å². The van der Waals surface area contributed by atoms with Crippen molar-refractivity contribution in [3.05, 3.63) is 59.8 Å². The average molecular weight is 527 g/mol. The van der Waals surface area contributed by atoms with E-state index in [2.05, 4.69) is 45.9 Å². The molecule has 0 saturated carbocycles. The number of ether oxygens (including phenoxy) is 2. The summed E-state index contributed by atoms with van der Waals surface area (Å²) in [6.45, 7) is 14.3. The lowest BCUT2D eigenvalue weighted by Crippen LogP contribution is -2.52. The van der Waals surface area contributed by atoms with Crippen LogP contribution >= 0.6 is 0 Å². The molecule has 0 aromatic carbocycles. The molecule has 0 aromatic rings. The van der Waals surface area contributed by atoms with Gasteiger partial charge in [-0.05, 0) is 65.2 Å². The van der Waals surface area contributed by atoms with Gasteiger partial charge in [0.1, 0.15) is 5.78 Å². The van der Waals surface area contributed by atoms with Crippen molar-refractivity contribution >= 4 is 5.78 Å². The van der Waals surface area contributed by atoms with Crippen LogP contribution in [-0.4, -0.2) is 35.0 Å². The number of aliphatic hydroxyl groups is 1. The molecule has 0 bridgehead atoms. The number of carbonyl (C=O) groups is 1. The normalized spacial score (nSPS) is 31.1. The Bertz CT molecular complexity index is 879. The second kappa shape index (κ2) is 16.4. The SMILES string of the molecule is C/C=C/C(C)C(O)/C=C/C(C)=C/CC1O[C@]2(CCC1C)CCC(CCCC)C(/C=C/C(C)=C/CC(C)=O)O2. The third-order valence-corrected chi connectivity index (χ3v) is 8.14. The van der Waals surface area contributed by atoms with E-state index in [0.29, 0.717) is 18.3 Å². The average Bonchev–Trinajstić information content (AvgIpc) is 2.89. The van der Waals surface area contributed by atoms with Crippen LogP contribution in [0.25, 0.3) is 0 Å². The van der Waals surface area contributed by atoms with Crippen molar-refractivity contribution in [1.29, 1.82) is 0 Å². The van der Waals surface area contributed by atoms with Crippen LogP contribution in [0.5, 0.6) is 0 Å². The quantitative estimate of drug-likeness (QED) is 0.193. The number of carbonyl (C=O) groups excluding carboxylic acids is 1. The summed E-state index contributed by atoms with van der Waals surface area (Å²) in [5.41, 5.74) is 2.25. The van der Waals surface area contributed by atoms with Gasteiger partial charge in [0.25, 0.3) is 0 Å². The maximum atomic E-state index is 11.4. The lowest BCUT2D eigenvalue weighted by Gasteiger charge is -2.49. The Morgan fingerprint density at radius 2 is 1.76 bits per heavy atom. The van der Waals surface area contributed by atoms with Crippen LogP contribution in [0.2, 0.25) is 0 Å². The monoisotopic (exact) mass is 526 g/mol. The Morgan fingerprint density at radius 3 is 2.45 bits per heavy atom. The molecule has 7 atom stereocenters. The van der Waals surface area contributed by atoms with Gasteiger partial charge < -0.3 is 14.6 Å². The largest absolute Gasteiger partial charge is 0.388 e. The summed E-state index contributed by atoms with van der Waals surface area (Å²) >= 11 is 0. The van der Waals surface area contributed by atoms with E-state index < -0.39 is 11.9 Å². The first kappa shape index (κ1) is 32.5. The minimum absolute atomic E-state index is 0.0332. The van der Waals surface area contributed by atoms with Crippen LogP contribution in [0.3, 0.4) is 0 Å². The summed E-state index contributed by atoms with van der Waals surface area (Å²) in [6.07, 6.45) is 25.1. The fourth-order valence-corrected chi connectivity index (χ4v) is 5.41. The molecule has 1 spiro atoms. The van der Waals surface area contributed by atoms with E-state index >= 15 is 0 Å². The number of aliphatic hydroxyl groups excluding tert-OH is 1. The molecule has 2 saturated heterocycles. The molecule has 214 valence electrons. The smallest absolute Gasteiger partial charge is 0.169 e. The molecule has 2 aliphatic rings. The number of hydrogen-bond donors (Lipinski definition) is 1. The van der Waals surface area contributed by atoms with Crippen LogP contribution in [0.4, 0.5) is 0 Å². The zero-order chi connectivity index (χ0) is 28.1. The standard InChI is InChI=1S/C34H54O4/c1-8-10-12-30-22-24-34(38-33(30)20-16-25(3)13-17-29(7)35)23-21-28(6)32(37-34)19-15-26(4)14-18-31(36)27(5)11-9-2/h9,11,13-16,18,20,27-28,30-33,36H,8,10,12,17,19,21-24H2,1-7H3/b11-9+,18-14+,20-16+,25-13+,26-15+/t27?,28?,30?,31?,32?,33?,34-/m0/s1. The first-order valence-corrected chi connectivity index (χ1v) is 14.9. The van der Waals surface area contributed by atoms with Crippen LogP contribution in [-0.2, 0) is 14.3 Å². The van der Waals surface area contributed by atoms with Crippen LogP contribution < -0.4 is 0 Å². The topological polar surface area (TPSA) is 55.8 Å². The molecule has 4 nitrogen and oxygen atoms in total. The van der Waals surface area contributed by atoms with E-state index in [-0.39, 0.29) is 23.9 Å². The highest BCUT2D eigenvalue weighted by Crippen LogP contribution is 2.45. The van der Waals surface area contributed by atoms with Gasteiger partial charge in [-0.25, -0.2) is 0 Å². The molecule has 2 fully saturated rings. The number of rotatable bonds is 13. The zero-order valence-corrected chi connectivity index (χ0v) is 25.1. The first-order valence-electron chi connectivity index (χ1n) is 14.9. The van der Waals surface area contributed by atoms with Crippen molar-refractivity contribution in [3.63, 3.8) is 0 Å². The molecule has 6 unspecified atom stereocenters. The molecule has 1 N–H and O–H groups in total. The van der Waals surface area contributed by atoms with Gasteiger partial charge in [0.2, 0.25) is 0 Å². The van der Waals surface area contributed by atoms with Gasteiger partial charge in [-0.1, -0.05) is 93.4 Å². The highest BCUT2D eigenvalue weighted by Gasteiger charge is 2.46. The highest BCUT2D eigenvalue weighted by atomic mass is 16.7. The van der Waals surface area contributed by atoms with Gasteiger partial charge in [0.05, 0.1) is 18.3 Å². The molecule has 0 radical (unpaired) electrons. The van der Waals surface area contributed by atoms with E-state index in [1.807, 2.05) is 44.2 Å². The van der Waals surface area contributed by atoms with Crippen molar-refractivity contribution < 1.29 is 19.4 Å². The summed E-state index contributed by atoms with van der Waals surface area (Å²) in [5, 5.41) is 10.3. The fourth-order valence-electron chi connectivity index (χ4n) is 5.41. The van der Waals surface area contributed by atoms with Gasteiger partial charge in [-0.15, -0.1) is 0 Å². The Balaban J connectivity index is 2.09. The third-order valence-electron chi connectivity index (χ3n) is 8.14. The van der Waals surface area contributed by atoms with Crippen molar-refractivity contribution in [1.82, 2.24) is 0 Å². The molecule has 2 aliphatic heterocycles. The van der Waals surface area contributed by atoms with E-state index in [4.69, 9.17) is 9.47 Å². The Hall–Kier alpha value is -1.75. The summed E-state index contributed by atoms with van der Waals surface area (Å²) in [7, 11) is 0. The maximum Gasteiger partial charge on any atom is 0.169 e. The minimum Gasteiger partial charge on any atom is -0.388 e. The van der Waals surface area contributed by atoms with Gasteiger partial charge in [-0.2, -0.15) is 0 Å². The lowest BCUT2D eigenvalue weighted by molar-refractivity contribution is -0.324. The maximum absolute atomic E-state index is 11.4. The summed E-state index contributed by atoms with van der Waals surface area (Å²) in [6, 6.07) is 0. The van der Waals surface area contributed by atoms with Gasteiger partial charge in [0.15, 0.2) is 5.79 Å². The number of hydrogen-bond acceptors (Lipinski definition) is 4.